The summed E-state index contributed by atoms with van der Waals surface area (Å²) in [6.07, 6.45) is 11.2. The number of fused-ring (bicyclic) bond motifs is 1. The molecule has 0 bridgehead atoms. The fourth-order valence-electron chi connectivity index (χ4n) is 5.73. The van der Waals surface area contributed by atoms with Crippen LogP contribution in [0.3, 0.4) is 0 Å². The molecule has 1 nitrogen and oxygen atoms in total. The highest BCUT2D eigenvalue weighted by atomic mass is 19.1. The molecule has 0 radical (unpaired) electrons. The normalized spacial score (nSPS) is 24.4. The number of hydrogen-bond acceptors (Lipinski definition) is 1. The van der Waals surface area contributed by atoms with Crippen molar-refractivity contribution in [2.45, 2.75) is 57.3 Å². The summed E-state index contributed by atoms with van der Waals surface area (Å²) in [6.45, 7) is 3.84. The first-order valence-corrected chi connectivity index (χ1v) is 11.9. The van der Waals surface area contributed by atoms with Crippen molar-refractivity contribution in [1.82, 2.24) is 0 Å². The van der Waals surface area contributed by atoms with Crippen LogP contribution in [0.2, 0.25) is 0 Å². The standard InChI is InChI=1S/C29H31F3O/c1-3-4-5-19-6-9-22-16-23(11-10-21(22)14-19)24-17-26(30)25(27(31)18-24)12-7-20-8-13-29(33-2)28(32)15-20/h3,8,13,15,17-19,21-23H,1,4-6,9-11,14,16H2,2H3. The number of halogens is 3. The maximum absolute atomic E-state index is 14.8. The van der Waals surface area contributed by atoms with Crippen LogP contribution in [0, 0.1) is 47.0 Å². The van der Waals surface area contributed by atoms with Crippen molar-refractivity contribution in [3.8, 4) is 17.6 Å². The molecule has 2 aromatic rings. The molecule has 33 heavy (non-hydrogen) atoms. The van der Waals surface area contributed by atoms with E-state index in [0.29, 0.717) is 11.5 Å². The molecule has 2 saturated carbocycles. The minimum absolute atomic E-state index is 0.0993. The number of methoxy groups -OCH3 is 1. The van der Waals surface area contributed by atoms with Gasteiger partial charge in [-0.25, -0.2) is 13.2 Å². The third-order valence-corrected chi connectivity index (χ3v) is 7.52. The molecule has 4 rings (SSSR count). The fourth-order valence-corrected chi connectivity index (χ4v) is 5.73. The first-order valence-electron chi connectivity index (χ1n) is 11.9. The van der Waals surface area contributed by atoms with Gasteiger partial charge in [0, 0.05) is 5.56 Å². The molecule has 0 amide bonds. The van der Waals surface area contributed by atoms with Crippen LogP contribution >= 0.6 is 0 Å². The lowest BCUT2D eigenvalue weighted by atomic mass is 9.63. The third kappa shape index (κ3) is 5.46. The number of ether oxygens (including phenoxy) is 1. The molecular weight excluding hydrogens is 421 g/mol. The average Bonchev–Trinajstić information content (AvgIpc) is 2.81. The van der Waals surface area contributed by atoms with Gasteiger partial charge in [-0.05, 0) is 105 Å². The first kappa shape index (κ1) is 23.5. The Balaban J connectivity index is 1.45. The highest BCUT2D eigenvalue weighted by Crippen LogP contribution is 2.48. The summed E-state index contributed by atoms with van der Waals surface area (Å²) in [6, 6.07) is 7.09. The zero-order valence-electron chi connectivity index (χ0n) is 19.2. The van der Waals surface area contributed by atoms with Crippen molar-refractivity contribution in [3.63, 3.8) is 0 Å². The molecule has 0 aliphatic heterocycles. The van der Waals surface area contributed by atoms with Crippen LogP contribution in [0.5, 0.6) is 5.75 Å². The quantitative estimate of drug-likeness (QED) is 0.332. The molecule has 4 unspecified atom stereocenters. The smallest absolute Gasteiger partial charge is 0.166 e. The fraction of sp³-hybridized carbons (Fsp3) is 0.448. The van der Waals surface area contributed by atoms with Crippen molar-refractivity contribution in [2.75, 3.05) is 7.11 Å². The van der Waals surface area contributed by atoms with Gasteiger partial charge in [-0.2, -0.15) is 0 Å². The summed E-state index contributed by atoms with van der Waals surface area (Å²) in [4.78, 5) is 0. The summed E-state index contributed by atoms with van der Waals surface area (Å²) in [5.41, 5.74) is 0.794. The van der Waals surface area contributed by atoms with E-state index in [1.165, 1.54) is 57.1 Å². The van der Waals surface area contributed by atoms with E-state index < -0.39 is 17.5 Å². The van der Waals surface area contributed by atoms with E-state index in [2.05, 4.69) is 18.4 Å². The third-order valence-electron chi connectivity index (χ3n) is 7.52. The molecule has 4 heteroatoms. The second kappa shape index (κ2) is 10.5. The van der Waals surface area contributed by atoms with Crippen molar-refractivity contribution in [2.24, 2.45) is 17.8 Å². The van der Waals surface area contributed by atoms with Crippen LogP contribution in [-0.4, -0.2) is 7.11 Å². The highest BCUT2D eigenvalue weighted by Gasteiger charge is 2.36. The molecule has 0 N–H and O–H groups in total. The minimum atomic E-state index is -0.651. The van der Waals surface area contributed by atoms with Crippen LogP contribution in [0.25, 0.3) is 0 Å². The van der Waals surface area contributed by atoms with Gasteiger partial charge in [0.2, 0.25) is 0 Å². The van der Waals surface area contributed by atoms with Crippen molar-refractivity contribution < 1.29 is 17.9 Å². The second-order valence-electron chi connectivity index (χ2n) is 9.53. The van der Waals surface area contributed by atoms with Crippen LogP contribution in [0.4, 0.5) is 13.2 Å². The number of allylic oxidation sites excluding steroid dienone is 1. The molecular formula is C29H31F3O. The van der Waals surface area contributed by atoms with Gasteiger partial charge in [-0.15, -0.1) is 6.58 Å². The van der Waals surface area contributed by atoms with Gasteiger partial charge in [-0.3, -0.25) is 0 Å². The Morgan fingerprint density at radius 2 is 1.67 bits per heavy atom. The molecule has 2 aliphatic rings. The van der Waals surface area contributed by atoms with E-state index in [9.17, 15) is 13.2 Å². The first-order chi connectivity index (χ1) is 16.0. The summed E-state index contributed by atoms with van der Waals surface area (Å²) in [5.74, 6) is 5.82. The molecule has 0 aromatic heterocycles. The maximum Gasteiger partial charge on any atom is 0.166 e. The van der Waals surface area contributed by atoms with Crippen LogP contribution < -0.4 is 4.74 Å². The Morgan fingerprint density at radius 1 is 0.939 bits per heavy atom. The lowest BCUT2D eigenvalue weighted by Gasteiger charge is -2.42. The summed E-state index contributed by atoms with van der Waals surface area (Å²) in [7, 11) is 1.37. The molecule has 0 spiro atoms. The minimum Gasteiger partial charge on any atom is -0.494 e. The van der Waals surface area contributed by atoms with E-state index in [1.807, 2.05) is 6.08 Å². The summed E-state index contributed by atoms with van der Waals surface area (Å²) in [5, 5.41) is 0. The predicted molar refractivity (Wildman–Crippen MR) is 126 cm³/mol. The Bertz CT molecular complexity index is 1040. The zero-order chi connectivity index (χ0) is 23.4. The molecule has 2 fully saturated rings. The molecule has 0 saturated heterocycles. The molecule has 4 atom stereocenters. The zero-order valence-corrected chi connectivity index (χ0v) is 19.2. The van der Waals surface area contributed by atoms with Gasteiger partial charge in [0.1, 0.15) is 11.6 Å². The maximum atomic E-state index is 14.8. The molecule has 2 aromatic carbocycles. The predicted octanol–water partition coefficient (Wildman–Crippen LogP) is 7.78. The van der Waals surface area contributed by atoms with Crippen LogP contribution in [0.15, 0.2) is 43.0 Å². The van der Waals surface area contributed by atoms with E-state index >= 15 is 0 Å². The van der Waals surface area contributed by atoms with Crippen molar-refractivity contribution in [1.29, 1.82) is 0 Å². The van der Waals surface area contributed by atoms with Crippen molar-refractivity contribution in [3.05, 3.63) is 77.1 Å². The molecule has 2 aliphatic carbocycles. The van der Waals surface area contributed by atoms with Gasteiger partial charge in [0.15, 0.2) is 11.6 Å². The second-order valence-corrected chi connectivity index (χ2v) is 9.53. The van der Waals surface area contributed by atoms with E-state index in [-0.39, 0.29) is 17.2 Å². The summed E-state index contributed by atoms with van der Waals surface area (Å²) < 4.78 is 48.4. The SMILES string of the molecule is C=CCCC1CCC2CC(c3cc(F)c(C#Cc4ccc(OC)c(F)c4)c(F)c3)CCC2C1. The van der Waals surface area contributed by atoms with Crippen molar-refractivity contribution >= 4 is 0 Å². The van der Waals surface area contributed by atoms with E-state index in [0.717, 1.165) is 43.1 Å². The van der Waals surface area contributed by atoms with Crippen LogP contribution in [-0.2, 0) is 0 Å². The number of rotatable bonds is 5. The Hall–Kier alpha value is -2.67. The van der Waals surface area contributed by atoms with Gasteiger partial charge >= 0.3 is 0 Å². The highest BCUT2D eigenvalue weighted by molar-refractivity contribution is 5.47. The largest absolute Gasteiger partial charge is 0.494 e. The Labute approximate surface area is 195 Å². The molecule has 0 heterocycles. The van der Waals surface area contributed by atoms with Gasteiger partial charge < -0.3 is 4.74 Å². The Morgan fingerprint density at radius 3 is 2.36 bits per heavy atom. The lowest BCUT2D eigenvalue weighted by Crippen LogP contribution is -2.30. The van der Waals surface area contributed by atoms with Crippen LogP contribution in [0.1, 0.15) is 74.0 Å². The van der Waals surface area contributed by atoms with E-state index in [4.69, 9.17) is 4.74 Å². The van der Waals surface area contributed by atoms with E-state index in [1.54, 1.807) is 6.07 Å². The van der Waals surface area contributed by atoms with Gasteiger partial charge in [0.05, 0.1) is 12.7 Å². The van der Waals surface area contributed by atoms with Gasteiger partial charge in [-0.1, -0.05) is 24.3 Å². The number of hydrogen-bond donors (Lipinski definition) is 0. The lowest BCUT2D eigenvalue weighted by molar-refractivity contribution is 0.115. The monoisotopic (exact) mass is 452 g/mol. The topological polar surface area (TPSA) is 9.23 Å². The molecule has 174 valence electrons. The number of benzene rings is 2. The summed E-state index contributed by atoms with van der Waals surface area (Å²) >= 11 is 0. The average molecular weight is 453 g/mol. The Kier molecular flexibility index (Phi) is 7.48. The van der Waals surface area contributed by atoms with Gasteiger partial charge in [0.25, 0.3) is 0 Å².